The quantitative estimate of drug-likeness (QED) is 0.187. The van der Waals surface area contributed by atoms with Crippen LogP contribution in [-0.2, 0) is 49.2 Å². The van der Waals surface area contributed by atoms with Crippen LogP contribution in [0.3, 0.4) is 0 Å². The van der Waals surface area contributed by atoms with Gasteiger partial charge in [-0.05, 0) is 106 Å². The van der Waals surface area contributed by atoms with Crippen LogP contribution in [0.2, 0.25) is 5.02 Å². The third kappa shape index (κ3) is 10.4. The van der Waals surface area contributed by atoms with Gasteiger partial charge in [-0.1, -0.05) is 51.4 Å². The Balaban J connectivity index is 1.63. The van der Waals surface area contributed by atoms with E-state index in [-0.39, 0.29) is 43.4 Å². The fourth-order valence-electron chi connectivity index (χ4n) is 10.3. The van der Waals surface area contributed by atoms with Crippen LogP contribution in [0.5, 0.6) is 0 Å². The van der Waals surface area contributed by atoms with E-state index in [1.807, 2.05) is 40.0 Å². The van der Waals surface area contributed by atoms with Crippen LogP contribution in [0.1, 0.15) is 108 Å². The minimum absolute atomic E-state index is 0.0576. The molecular weight excluding hydrogens is 850 g/mol. The standard InChI is InChI=1S/C47H72ClN3O13/c1-15-35-47(12)39(50(43(55)64-47)21-20-32-16-18-33(48)19-17-32)27(6)36(52)25(4)23-46(11,58-14)40(63-42-37(53)34(22-26(5)59-42)49(13)24(2)3)28(7)38(29(8)41(54)61-35)62-45(57)51-30(9)31(10)60-44(51)56/h16-19,24-31,34-35,37-40,42,53H,15,20-23H2,1-14H3/t25-,26-,27-,28+,29-,30+,31+,34+,35+,37-,38+,39-,40-,42+,46+,47-/m1/s1. The summed E-state index contributed by atoms with van der Waals surface area (Å²) in [6.45, 7) is 21.5. The molecule has 1 aromatic carbocycles. The lowest BCUT2D eigenvalue weighted by atomic mass is 9.73. The number of amides is 3. The fraction of sp³-hybridized carbons (Fsp3) is 0.766. The van der Waals surface area contributed by atoms with E-state index in [0.717, 1.165) is 10.5 Å². The highest BCUT2D eigenvalue weighted by molar-refractivity contribution is 6.30. The molecule has 17 heteroatoms. The first-order chi connectivity index (χ1) is 29.9. The molecule has 3 amide bonds. The van der Waals surface area contributed by atoms with Gasteiger partial charge < -0.3 is 38.3 Å². The SMILES string of the molecule is CC[C@@H]1OC(=O)[C@H](C)[C@@H](OC(=O)N2C(=O)O[C@@H](C)[C@@H]2C)[C@H](C)[C@@H](O[C@@H]2O[C@H](C)C[C@H](N(C)C(C)C)[C@H]2O)[C@@](C)(OC)C[C@@H](C)C(=O)[C@@H](C)[C@H]2N(CCc3ccc(Cl)cc3)C(=O)O[C@]12C. The molecule has 1 aromatic rings. The smallest absolute Gasteiger partial charge is 0.420 e. The summed E-state index contributed by atoms with van der Waals surface area (Å²) in [5, 5.41) is 12.5. The highest BCUT2D eigenvalue weighted by Gasteiger charge is 2.61. The zero-order chi connectivity index (χ0) is 47.7. The highest BCUT2D eigenvalue weighted by atomic mass is 35.5. The summed E-state index contributed by atoms with van der Waals surface area (Å²) in [5.74, 6) is -4.71. The highest BCUT2D eigenvalue weighted by Crippen LogP contribution is 2.44. The van der Waals surface area contributed by atoms with Crippen molar-refractivity contribution in [3.8, 4) is 0 Å². The van der Waals surface area contributed by atoms with E-state index in [1.54, 1.807) is 79.3 Å². The Morgan fingerprint density at radius 3 is 2.19 bits per heavy atom. The van der Waals surface area contributed by atoms with Crippen LogP contribution in [-0.4, -0.2) is 149 Å². The minimum atomic E-state index is -1.50. The Hall–Kier alpha value is -3.54. The number of esters is 1. The molecule has 360 valence electrons. The number of nitrogens with zero attached hydrogens (tertiary/aromatic N) is 3. The molecule has 0 radical (unpaired) electrons. The lowest BCUT2D eigenvalue weighted by molar-refractivity contribution is -0.302. The summed E-state index contributed by atoms with van der Waals surface area (Å²) >= 11 is 6.15. The van der Waals surface area contributed by atoms with Gasteiger partial charge in [0.1, 0.15) is 30.2 Å². The van der Waals surface area contributed by atoms with Gasteiger partial charge in [0, 0.05) is 48.5 Å². The van der Waals surface area contributed by atoms with E-state index < -0.39 is 108 Å². The summed E-state index contributed by atoms with van der Waals surface area (Å²) in [4.78, 5) is 75.4. The molecule has 16 atom stereocenters. The van der Waals surface area contributed by atoms with Crippen LogP contribution in [0, 0.1) is 23.7 Å². The molecule has 4 aliphatic heterocycles. The number of hydrogen-bond acceptors (Lipinski definition) is 14. The van der Waals surface area contributed by atoms with E-state index in [2.05, 4.69) is 4.90 Å². The molecule has 4 fully saturated rings. The van der Waals surface area contributed by atoms with Gasteiger partial charge in [-0.25, -0.2) is 19.3 Å². The first-order valence-corrected chi connectivity index (χ1v) is 23.2. The number of hydrogen-bond donors (Lipinski definition) is 1. The molecule has 64 heavy (non-hydrogen) atoms. The molecule has 0 spiro atoms. The van der Waals surface area contributed by atoms with Crippen molar-refractivity contribution in [3.63, 3.8) is 0 Å². The fourth-order valence-corrected chi connectivity index (χ4v) is 10.5. The Bertz CT molecular complexity index is 1840. The van der Waals surface area contributed by atoms with Gasteiger partial charge in [-0.2, -0.15) is 0 Å². The molecule has 0 aliphatic carbocycles. The van der Waals surface area contributed by atoms with Crippen molar-refractivity contribution in [2.45, 2.75) is 187 Å². The molecule has 4 saturated heterocycles. The van der Waals surface area contributed by atoms with E-state index in [1.165, 1.54) is 7.11 Å². The monoisotopic (exact) mass is 921 g/mol. The molecule has 5 rings (SSSR count). The van der Waals surface area contributed by atoms with Gasteiger partial charge in [-0.15, -0.1) is 0 Å². The Kier molecular flexibility index (Phi) is 16.5. The summed E-state index contributed by atoms with van der Waals surface area (Å²) in [5.41, 5.74) is -1.96. The van der Waals surface area contributed by atoms with Crippen molar-refractivity contribution in [2.24, 2.45) is 23.7 Å². The molecule has 0 bridgehead atoms. The Morgan fingerprint density at radius 2 is 1.62 bits per heavy atom. The van der Waals surface area contributed by atoms with Crippen molar-refractivity contribution < 1.29 is 62.2 Å². The molecule has 0 aromatic heterocycles. The Labute approximate surface area is 383 Å². The number of methoxy groups -OCH3 is 1. The van der Waals surface area contributed by atoms with E-state index >= 15 is 0 Å². The Morgan fingerprint density at radius 1 is 0.984 bits per heavy atom. The summed E-state index contributed by atoms with van der Waals surface area (Å²) in [7, 11) is 3.41. The van der Waals surface area contributed by atoms with Gasteiger partial charge in [-0.3, -0.25) is 19.4 Å². The van der Waals surface area contributed by atoms with E-state index in [0.29, 0.717) is 17.9 Å². The molecule has 1 N–H and O–H groups in total. The topological polar surface area (TPSA) is 180 Å². The number of cyclic esters (lactones) is 2. The molecule has 4 aliphatic rings. The van der Waals surface area contributed by atoms with Gasteiger partial charge in [0.15, 0.2) is 11.9 Å². The second-order valence-corrected chi connectivity index (χ2v) is 19.8. The van der Waals surface area contributed by atoms with Gasteiger partial charge in [0.25, 0.3) is 0 Å². The number of carbonyl (C=O) groups excluding carboxylic acids is 5. The number of likely N-dealkylation sites (N-methyl/N-ethyl adjacent to an activating group) is 1. The number of aliphatic hydroxyl groups is 1. The third-order valence-electron chi connectivity index (χ3n) is 14.6. The second kappa shape index (κ2) is 20.5. The average molecular weight is 923 g/mol. The number of ketones is 1. The number of rotatable bonds is 10. The zero-order valence-corrected chi connectivity index (χ0v) is 40.8. The average Bonchev–Trinajstić information content (AvgIpc) is 3.66. The van der Waals surface area contributed by atoms with Crippen LogP contribution in [0.15, 0.2) is 24.3 Å². The minimum Gasteiger partial charge on any atom is -0.458 e. The molecule has 16 nitrogen and oxygen atoms in total. The predicted molar refractivity (Wildman–Crippen MR) is 236 cm³/mol. The van der Waals surface area contributed by atoms with Gasteiger partial charge in [0.2, 0.25) is 0 Å². The predicted octanol–water partition coefficient (Wildman–Crippen LogP) is 7.03. The number of Topliss-reactive ketones (excluding diaryl/α,β-unsaturated/α-hetero) is 1. The maximum atomic E-state index is 15.0. The van der Waals surface area contributed by atoms with E-state index in [9.17, 15) is 29.1 Å². The summed E-state index contributed by atoms with van der Waals surface area (Å²) in [6, 6.07) is 5.43. The van der Waals surface area contributed by atoms with Crippen LogP contribution in [0.4, 0.5) is 14.4 Å². The second-order valence-electron chi connectivity index (χ2n) is 19.3. The summed E-state index contributed by atoms with van der Waals surface area (Å²) in [6.07, 6.45) is -8.25. The number of imide groups is 1. The summed E-state index contributed by atoms with van der Waals surface area (Å²) < 4.78 is 43.8. The van der Waals surface area contributed by atoms with Crippen molar-refractivity contribution >= 4 is 41.6 Å². The van der Waals surface area contributed by atoms with Crippen molar-refractivity contribution in [1.29, 1.82) is 0 Å². The van der Waals surface area contributed by atoms with Crippen LogP contribution >= 0.6 is 11.6 Å². The number of carbonyl (C=O) groups is 5. The number of fused-ring (bicyclic) bond motifs is 1. The number of benzene rings is 1. The molecule has 0 saturated carbocycles. The number of aliphatic hydroxyl groups excluding tert-OH is 1. The largest absolute Gasteiger partial charge is 0.458 e. The maximum Gasteiger partial charge on any atom is 0.420 e. The van der Waals surface area contributed by atoms with Crippen LogP contribution < -0.4 is 0 Å². The first-order valence-electron chi connectivity index (χ1n) is 22.8. The number of ether oxygens (including phenoxy) is 7. The lowest BCUT2D eigenvalue weighted by Crippen LogP contribution is -2.61. The van der Waals surface area contributed by atoms with Gasteiger partial charge >= 0.3 is 24.2 Å². The van der Waals surface area contributed by atoms with Gasteiger partial charge in [0.05, 0.1) is 35.8 Å². The maximum absolute atomic E-state index is 15.0. The molecular formula is C47H72ClN3O13. The zero-order valence-electron chi connectivity index (χ0n) is 40.1. The first kappa shape index (κ1) is 51.4. The van der Waals surface area contributed by atoms with E-state index in [4.69, 9.17) is 44.8 Å². The molecule has 0 unspecified atom stereocenters. The lowest BCUT2D eigenvalue weighted by Gasteiger charge is -2.49. The number of halogens is 1. The van der Waals surface area contributed by atoms with Crippen LogP contribution in [0.25, 0.3) is 0 Å². The normalized spacial score (nSPS) is 39.0. The van der Waals surface area contributed by atoms with Crippen molar-refractivity contribution in [3.05, 3.63) is 34.9 Å². The van der Waals surface area contributed by atoms with Crippen molar-refractivity contribution in [2.75, 3.05) is 20.7 Å². The van der Waals surface area contributed by atoms with Crippen molar-refractivity contribution in [1.82, 2.24) is 14.7 Å². The molecule has 4 heterocycles. The third-order valence-corrected chi connectivity index (χ3v) is 14.8.